The van der Waals surface area contributed by atoms with E-state index >= 15 is 0 Å². The van der Waals surface area contributed by atoms with Crippen molar-refractivity contribution in [1.82, 2.24) is 20.3 Å². The molecule has 3 N–H and O–H groups in total. The lowest BCUT2D eigenvalue weighted by molar-refractivity contribution is -0.145. The van der Waals surface area contributed by atoms with Crippen LogP contribution in [0.15, 0.2) is 48.0 Å². The molecule has 0 aliphatic carbocycles. The highest BCUT2D eigenvalue weighted by Crippen LogP contribution is 2.41. The molecule has 3 aromatic rings. The fourth-order valence-corrected chi connectivity index (χ4v) is 5.93. The smallest absolute Gasteiger partial charge is 0.266 e. The van der Waals surface area contributed by atoms with E-state index in [-0.39, 0.29) is 47.6 Å². The molecule has 40 heavy (non-hydrogen) atoms. The second-order valence-corrected chi connectivity index (χ2v) is 11.6. The lowest BCUT2D eigenvalue weighted by Crippen LogP contribution is -2.50. The predicted octanol–water partition coefficient (Wildman–Crippen LogP) is 4.84. The van der Waals surface area contributed by atoms with Crippen molar-refractivity contribution in [3.63, 3.8) is 0 Å². The third-order valence-corrected chi connectivity index (χ3v) is 7.79. The number of likely N-dealkylation sites (tertiary alicyclic amines) is 1. The zero-order valence-electron chi connectivity index (χ0n) is 21.9. The van der Waals surface area contributed by atoms with Crippen LogP contribution in [0.2, 0.25) is 10.3 Å². The van der Waals surface area contributed by atoms with E-state index in [1.807, 2.05) is 13.8 Å². The Labute approximate surface area is 245 Å². The van der Waals surface area contributed by atoms with Crippen molar-refractivity contribution >= 4 is 57.4 Å². The molecule has 1 saturated heterocycles. The van der Waals surface area contributed by atoms with E-state index in [9.17, 15) is 19.6 Å². The van der Waals surface area contributed by atoms with Crippen LogP contribution in [0.1, 0.15) is 44.2 Å². The molecule has 2 aromatic heterocycles. The number of ether oxygens (including phenoxy) is 1. The zero-order chi connectivity index (χ0) is 28.9. The summed E-state index contributed by atoms with van der Waals surface area (Å²) in [5, 5.41) is 14.8. The summed E-state index contributed by atoms with van der Waals surface area (Å²) in [7, 11) is 0. The number of anilines is 1. The number of hydrogen-bond donors (Lipinski definition) is 3. The average molecular weight is 607 g/mol. The van der Waals surface area contributed by atoms with Crippen LogP contribution in [0.25, 0.3) is 0 Å². The maximum atomic E-state index is 14.1. The van der Waals surface area contributed by atoms with E-state index in [2.05, 4.69) is 15.3 Å². The number of pyridine rings is 1. The Morgan fingerprint density at radius 2 is 1.90 bits per heavy atom. The van der Waals surface area contributed by atoms with Crippen molar-refractivity contribution in [2.45, 2.75) is 51.2 Å². The quantitative estimate of drug-likeness (QED) is 0.162. The van der Waals surface area contributed by atoms with Crippen molar-refractivity contribution in [1.29, 1.82) is 0 Å². The lowest BCUT2D eigenvalue weighted by Gasteiger charge is -2.31. The van der Waals surface area contributed by atoms with E-state index < -0.39 is 17.4 Å². The van der Waals surface area contributed by atoms with Crippen LogP contribution in [0.3, 0.4) is 0 Å². The summed E-state index contributed by atoms with van der Waals surface area (Å²) in [6.45, 7) is 4.30. The van der Waals surface area contributed by atoms with Crippen LogP contribution in [-0.4, -0.2) is 50.4 Å². The number of hydroxylamine groups is 1. The number of halogens is 2. The van der Waals surface area contributed by atoms with Gasteiger partial charge in [0.2, 0.25) is 11.8 Å². The third kappa shape index (κ3) is 6.90. The molecule has 0 spiro atoms. The SMILES string of the molecule is CC(C)CC(C(=O)NO)N1CCC(CC(=O)Nc2nccs2)(c2ccc(OCc3cc(Cl)nc(Cl)c3)cc2)C1=O. The summed E-state index contributed by atoms with van der Waals surface area (Å²) in [5.41, 5.74) is 1.82. The molecule has 10 nitrogen and oxygen atoms in total. The Morgan fingerprint density at radius 3 is 2.50 bits per heavy atom. The first-order chi connectivity index (χ1) is 19.1. The molecule has 212 valence electrons. The highest BCUT2D eigenvalue weighted by Gasteiger charge is 2.52. The number of amides is 3. The molecule has 1 fully saturated rings. The van der Waals surface area contributed by atoms with E-state index in [0.29, 0.717) is 29.3 Å². The molecular weight excluding hydrogens is 577 g/mol. The van der Waals surface area contributed by atoms with E-state index in [1.54, 1.807) is 53.5 Å². The van der Waals surface area contributed by atoms with Crippen LogP contribution < -0.4 is 15.5 Å². The number of benzene rings is 1. The minimum atomic E-state index is -1.23. The molecule has 2 unspecified atom stereocenters. The summed E-state index contributed by atoms with van der Waals surface area (Å²) in [4.78, 5) is 49.2. The Kier molecular flexibility index (Phi) is 9.62. The number of thiazole rings is 1. The zero-order valence-corrected chi connectivity index (χ0v) is 24.2. The number of nitrogens with zero attached hydrogens (tertiary/aromatic N) is 3. The van der Waals surface area contributed by atoms with Gasteiger partial charge >= 0.3 is 0 Å². The maximum absolute atomic E-state index is 14.1. The van der Waals surface area contributed by atoms with E-state index in [1.165, 1.54) is 16.2 Å². The summed E-state index contributed by atoms with van der Waals surface area (Å²) in [5.74, 6) is -0.769. The van der Waals surface area contributed by atoms with Gasteiger partial charge in [0, 0.05) is 24.5 Å². The minimum Gasteiger partial charge on any atom is -0.489 e. The van der Waals surface area contributed by atoms with Crippen LogP contribution in [0.5, 0.6) is 5.75 Å². The van der Waals surface area contributed by atoms with Crippen LogP contribution in [0, 0.1) is 5.92 Å². The molecule has 0 bridgehead atoms. The Morgan fingerprint density at radius 1 is 1.20 bits per heavy atom. The van der Waals surface area contributed by atoms with Crippen LogP contribution >= 0.6 is 34.5 Å². The van der Waals surface area contributed by atoms with Gasteiger partial charge in [-0.1, -0.05) is 49.2 Å². The van der Waals surface area contributed by atoms with Crippen molar-refractivity contribution in [3.8, 4) is 5.75 Å². The van der Waals surface area contributed by atoms with Crippen molar-refractivity contribution in [2.24, 2.45) is 5.92 Å². The van der Waals surface area contributed by atoms with E-state index in [4.69, 9.17) is 27.9 Å². The van der Waals surface area contributed by atoms with Gasteiger partial charge in [-0.05, 0) is 54.2 Å². The summed E-state index contributed by atoms with van der Waals surface area (Å²) >= 11 is 13.2. The summed E-state index contributed by atoms with van der Waals surface area (Å²) in [6, 6.07) is 9.39. The molecule has 0 radical (unpaired) electrons. The molecule has 4 rings (SSSR count). The van der Waals surface area contributed by atoms with Gasteiger partial charge in [0.15, 0.2) is 5.13 Å². The topological polar surface area (TPSA) is 134 Å². The fourth-order valence-electron chi connectivity index (χ4n) is 4.88. The predicted molar refractivity (Wildman–Crippen MR) is 152 cm³/mol. The molecule has 2 atom stereocenters. The molecule has 1 aliphatic rings. The van der Waals surface area contributed by atoms with Gasteiger partial charge in [-0.2, -0.15) is 0 Å². The molecule has 1 aromatic carbocycles. The average Bonchev–Trinajstić information content (AvgIpc) is 3.53. The second-order valence-electron chi connectivity index (χ2n) is 9.95. The molecular formula is C27H29Cl2N5O5S. The van der Waals surface area contributed by atoms with Crippen LogP contribution in [0.4, 0.5) is 5.13 Å². The number of aromatic nitrogens is 2. The maximum Gasteiger partial charge on any atom is 0.266 e. The lowest BCUT2D eigenvalue weighted by atomic mass is 9.75. The Bertz CT molecular complexity index is 1340. The Hall–Kier alpha value is -3.25. The highest BCUT2D eigenvalue weighted by molar-refractivity contribution is 7.13. The number of carbonyl (C=O) groups excluding carboxylic acids is 3. The number of carbonyl (C=O) groups is 3. The molecule has 13 heteroatoms. The molecule has 3 amide bonds. The van der Waals surface area contributed by atoms with Crippen LogP contribution in [-0.2, 0) is 26.4 Å². The highest BCUT2D eigenvalue weighted by atomic mass is 35.5. The summed E-state index contributed by atoms with van der Waals surface area (Å²) in [6.07, 6.45) is 2.09. The van der Waals surface area contributed by atoms with Crippen molar-refractivity contribution in [3.05, 3.63) is 69.4 Å². The first-order valence-corrected chi connectivity index (χ1v) is 14.2. The number of rotatable bonds is 11. The second kappa shape index (κ2) is 12.9. The molecule has 0 saturated carbocycles. The third-order valence-electron chi connectivity index (χ3n) is 6.71. The molecule has 1 aliphatic heterocycles. The summed E-state index contributed by atoms with van der Waals surface area (Å²) < 4.78 is 5.87. The van der Waals surface area contributed by atoms with Gasteiger partial charge in [0.1, 0.15) is 28.7 Å². The fraction of sp³-hybridized carbons (Fsp3) is 0.370. The standard InChI is InChI=1S/C27H29Cl2N5O5S/c1-16(2)11-20(24(36)33-38)34-9-7-27(25(34)37,14-23(35)32-26-30-8-10-40-26)18-3-5-19(6-4-18)39-15-17-12-21(28)31-22(29)13-17/h3-6,8,10,12-13,16,20,38H,7,9,11,14-15H2,1-2H3,(H,33,36)(H,30,32,35). The number of nitrogens with one attached hydrogen (secondary N) is 2. The monoisotopic (exact) mass is 605 g/mol. The van der Waals surface area contributed by atoms with Gasteiger partial charge in [0.25, 0.3) is 5.91 Å². The first-order valence-electron chi connectivity index (χ1n) is 12.6. The Balaban J connectivity index is 1.60. The normalized spacial score (nSPS) is 17.6. The van der Waals surface area contributed by atoms with Gasteiger partial charge in [-0.25, -0.2) is 15.4 Å². The first kappa shape index (κ1) is 29.7. The molecule has 3 heterocycles. The minimum absolute atomic E-state index is 0.0832. The van der Waals surface area contributed by atoms with Gasteiger partial charge in [-0.15, -0.1) is 11.3 Å². The van der Waals surface area contributed by atoms with Crippen molar-refractivity contribution in [2.75, 3.05) is 11.9 Å². The number of hydrogen-bond acceptors (Lipinski definition) is 8. The van der Waals surface area contributed by atoms with Gasteiger partial charge < -0.3 is 15.0 Å². The van der Waals surface area contributed by atoms with Gasteiger partial charge in [-0.3, -0.25) is 19.6 Å². The van der Waals surface area contributed by atoms with Gasteiger partial charge in [0.05, 0.1) is 5.41 Å². The van der Waals surface area contributed by atoms with E-state index in [0.717, 1.165) is 5.56 Å². The van der Waals surface area contributed by atoms with Crippen molar-refractivity contribution < 1.29 is 24.3 Å². The largest absolute Gasteiger partial charge is 0.489 e.